The highest BCUT2D eigenvalue weighted by atomic mass is 35.5. The zero-order valence-electron chi connectivity index (χ0n) is 10.1. The first-order chi connectivity index (χ1) is 9.06. The Morgan fingerprint density at radius 3 is 2.95 bits per heavy atom. The number of ether oxygens (including phenoxy) is 1. The van der Waals surface area contributed by atoms with Gasteiger partial charge in [0.05, 0.1) is 11.2 Å². The number of rotatable bonds is 4. The lowest BCUT2D eigenvalue weighted by molar-refractivity contribution is 0.0689. The number of hydrogen-bond donors (Lipinski definition) is 1. The Morgan fingerprint density at radius 1 is 1.47 bits per heavy atom. The Bertz CT molecular complexity index is 617. The van der Waals surface area contributed by atoms with Gasteiger partial charge in [-0.25, -0.2) is 14.8 Å². The van der Waals surface area contributed by atoms with Crippen molar-refractivity contribution < 1.29 is 14.6 Å². The fourth-order valence-electron chi connectivity index (χ4n) is 1.48. The van der Waals surface area contributed by atoms with Crippen LogP contribution in [0.4, 0.5) is 0 Å². The van der Waals surface area contributed by atoms with E-state index < -0.39 is 5.97 Å². The van der Waals surface area contributed by atoms with Gasteiger partial charge in [-0.2, -0.15) is 0 Å². The minimum Gasteiger partial charge on any atom is -0.486 e. The molecule has 1 aromatic carbocycles. The monoisotopic (exact) mass is 278 g/mol. The predicted molar refractivity (Wildman–Crippen MR) is 69.5 cm³/mol. The summed E-state index contributed by atoms with van der Waals surface area (Å²) in [4.78, 5) is 18.6. The van der Waals surface area contributed by atoms with Crippen LogP contribution < -0.4 is 4.74 Å². The second-order valence-electron chi connectivity index (χ2n) is 3.89. The molecule has 0 radical (unpaired) electrons. The average Bonchev–Trinajstić information content (AvgIpc) is 2.37. The summed E-state index contributed by atoms with van der Waals surface area (Å²) in [6.07, 6.45) is 1.26. The highest BCUT2D eigenvalue weighted by molar-refractivity contribution is 6.33. The van der Waals surface area contributed by atoms with E-state index in [-0.39, 0.29) is 23.1 Å². The predicted octanol–water partition coefficient (Wildman–Crippen LogP) is 2.72. The van der Waals surface area contributed by atoms with Gasteiger partial charge in [0.25, 0.3) is 0 Å². The van der Waals surface area contributed by atoms with Gasteiger partial charge in [0.2, 0.25) is 0 Å². The molecular formula is C13H11ClN2O3. The van der Waals surface area contributed by atoms with Crippen LogP contribution in [0.3, 0.4) is 0 Å². The first kappa shape index (κ1) is 13.3. The van der Waals surface area contributed by atoms with Crippen LogP contribution in [-0.2, 0) is 6.61 Å². The molecule has 0 unspecified atom stereocenters. The fourth-order valence-corrected chi connectivity index (χ4v) is 1.65. The summed E-state index contributed by atoms with van der Waals surface area (Å²) in [5.74, 6) is -0.247. The van der Waals surface area contributed by atoms with E-state index in [2.05, 4.69) is 9.97 Å². The molecular weight excluding hydrogens is 268 g/mol. The summed E-state index contributed by atoms with van der Waals surface area (Å²) in [7, 11) is 0. The van der Waals surface area contributed by atoms with Crippen LogP contribution in [0.1, 0.15) is 21.9 Å². The molecule has 0 aliphatic heterocycles. The topological polar surface area (TPSA) is 72.3 Å². The highest BCUT2D eigenvalue weighted by Gasteiger charge is 2.12. The van der Waals surface area contributed by atoms with Gasteiger partial charge < -0.3 is 9.84 Å². The Balaban J connectivity index is 2.12. The van der Waals surface area contributed by atoms with E-state index in [1.54, 1.807) is 6.07 Å². The molecule has 0 fully saturated rings. The smallest absolute Gasteiger partial charge is 0.356 e. The van der Waals surface area contributed by atoms with Gasteiger partial charge in [-0.1, -0.05) is 23.7 Å². The van der Waals surface area contributed by atoms with Crippen LogP contribution in [0, 0.1) is 6.92 Å². The number of halogens is 1. The van der Waals surface area contributed by atoms with Crippen molar-refractivity contribution in [3.05, 3.63) is 52.6 Å². The lowest BCUT2D eigenvalue weighted by Crippen LogP contribution is -2.08. The Morgan fingerprint density at radius 2 is 2.26 bits per heavy atom. The van der Waals surface area contributed by atoms with Crippen molar-refractivity contribution in [3.8, 4) is 5.75 Å². The molecule has 0 saturated carbocycles. The molecule has 98 valence electrons. The number of carboxylic acids is 1. The molecule has 1 aromatic heterocycles. The Labute approximate surface area is 114 Å². The fraction of sp³-hybridized carbons (Fsp3) is 0.154. The molecule has 0 atom stereocenters. The van der Waals surface area contributed by atoms with Crippen LogP contribution >= 0.6 is 11.6 Å². The van der Waals surface area contributed by atoms with Crippen LogP contribution in [0.15, 0.2) is 30.5 Å². The molecule has 1 heterocycles. The number of hydrogen-bond acceptors (Lipinski definition) is 4. The van der Waals surface area contributed by atoms with Gasteiger partial charge in [-0.05, 0) is 24.6 Å². The number of carbonyl (C=O) groups is 1. The third-order valence-electron chi connectivity index (χ3n) is 2.35. The lowest BCUT2D eigenvalue weighted by Gasteiger charge is -2.06. The van der Waals surface area contributed by atoms with E-state index in [9.17, 15) is 4.79 Å². The second kappa shape index (κ2) is 5.67. The van der Waals surface area contributed by atoms with Gasteiger partial charge in [0.15, 0.2) is 11.5 Å². The normalized spacial score (nSPS) is 10.2. The van der Waals surface area contributed by atoms with Crippen molar-refractivity contribution in [2.24, 2.45) is 0 Å². The molecule has 0 aliphatic carbocycles. The maximum atomic E-state index is 10.9. The van der Waals surface area contributed by atoms with Crippen molar-refractivity contribution in [1.82, 2.24) is 9.97 Å². The molecule has 0 spiro atoms. The number of aryl methyl sites for hydroxylation is 1. The molecule has 2 rings (SSSR count). The van der Waals surface area contributed by atoms with Gasteiger partial charge >= 0.3 is 5.97 Å². The molecule has 2 aromatic rings. The molecule has 6 heteroatoms. The van der Waals surface area contributed by atoms with Crippen molar-refractivity contribution in [2.75, 3.05) is 0 Å². The van der Waals surface area contributed by atoms with E-state index in [0.29, 0.717) is 5.75 Å². The average molecular weight is 279 g/mol. The number of carboxylic acid groups (broad SMARTS) is 1. The van der Waals surface area contributed by atoms with Crippen molar-refractivity contribution >= 4 is 17.6 Å². The van der Waals surface area contributed by atoms with Crippen LogP contribution in [0.5, 0.6) is 5.75 Å². The standard InChI is InChI=1S/C13H11ClN2O3/c1-8-3-2-4-9(5-8)19-7-11-15-6-10(14)12(16-11)13(17)18/h2-6H,7H2,1H3,(H,17,18). The van der Waals surface area contributed by atoms with Crippen LogP contribution in [0.25, 0.3) is 0 Å². The summed E-state index contributed by atoms with van der Waals surface area (Å²) in [6.45, 7) is 2.04. The molecule has 1 N–H and O–H groups in total. The minimum atomic E-state index is -1.19. The minimum absolute atomic E-state index is 0.00630. The molecule has 0 bridgehead atoms. The van der Waals surface area contributed by atoms with Gasteiger partial charge in [-0.3, -0.25) is 0 Å². The number of aromatic nitrogens is 2. The largest absolute Gasteiger partial charge is 0.486 e. The third kappa shape index (κ3) is 3.42. The summed E-state index contributed by atoms with van der Waals surface area (Å²) in [5.41, 5.74) is 0.847. The molecule has 0 amide bonds. The molecule has 5 nitrogen and oxygen atoms in total. The van der Waals surface area contributed by atoms with Crippen molar-refractivity contribution in [2.45, 2.75) is 13.5 Å². The highest BCUT2D eigenvalue weighted by Crippen LogP contribution is 2.15. The zero-order valence-corrected chi connectivity index (χ0v) is 10.9. The van der Waals surface area contributed by atoms with Gasteiger partial charge in [0, 0.05) is 0 Å². The Hall–Kier alpha value is -2.14. The number of nitrogens with zero attached hydrogens (tertiary/aromatic N) is 2. The quantitative estimate of drug-likeness (QED) is 0.931. The molecule has 0 aliphatic rings. The molecule has 19 heavy (non-hydrogen) atoms. The van der Waals surface area contributed by atoms with Gasteiger partial charge in [-0.15, -0.1) is 0 Å². The zero-order chi connectivity index (χ0) is 13.8. The number of aromatic carboxylic acids is 1. The van der Waals surface area contributed by atoms with Crippen LogP contribution in [0.2, 0.25) is 5.02 Å². The SMILES string of the molecule is Cc1cccc(OCc2ncc(Cl)c(C(=O)O)n2)c1. The first-order valence-electron chi connectivity index (χ1n) is 5.50. The summed E-state index contributed by atoms with van der Waals surface area (Å²) in [6, 6.07) is 7.50. The van der Waals surface area contributed by atoms with E-state index in [1.807, 2.05) is 25.1 Å². The first-order valence-corrected chi connectivity index (χ1v) is 5.88. The lowest BCUT2D eigenvalue weighted by atomic mass is 10.2. The van der Waals surface area contributed by atoms with Crippen LogP contribution in [-0.4, -0.2) is 21.0 Å². The Kier molecular flexibility index (Phi) is 3.97. The van der Waals surface area contributed by atoms with Gasteiger partial charge in [0.1, 0.15) is 12.4 Å². The van der Waals surface area contributed by atoms with E-state index in [4.69, 9.17) is 21.4 Å². The van der Waals surface area contributed by atoms with E-state index >= 15 is 0 Å². The van der Waals surface area contributed by atoms with E-state index in [1.165, 1.54) is 6.20 Å². The van der Waals surface area contributed by atoms with Crippen molar-refractivity contribution in [3.63, 3.8) is 0 Å². The van der Waals surface area contributed by atoms with Crippen molar-refractivity contribution in [1.29, 1.82) is 0 Å². The summed E-state index contributed by atoms with van der Waals surface area (Å²) in [5, 5.41) is 8.90. The second-order valence-corrected chi connectivity index (χ2v) is 4.30. The maximum Gasteiger partial charge on any atom is 0.356 e. The number of benzene rings is 1. The van der Waals surface area contributed by atoms with E-state index in [0.717, 1.165) is 5.56 Å². The third-order valence-corrected chi connectivity index (χ3v) is 2.63. The summed E-state index contributed by atoms with van der Waals surface area (Å²) >= 11 is 5.68. The summed E-state index contributed by atoms with van der Waals surface area (Å²) < 4.78 is 5.49. The maximum absolute atomic E-state index is 10.9. The molecule has 0 saturated heterocycles.